The van der Waals surface area contributed by atoms with Crippen molar-refractivity contribution < 1.29 is 13.2 Å². The largest absolute Gasteiger partial charge is 0.368 e. The van der Waals surface area contributed by atoms with E-state index < -0.39 is 10.0 Å². The van der Waals surface area contributed by atoms with Gasteiger partial charge < -0.3 is 9.80 Å². The molecule has 1 heterocycles. The minimum atomic E-state index is -3.98. The van der Waals surface area contributed by atoms with Gasteiger partial charge in [0.25, 0.3) is 10.0 Å². The number of rotatable bonds is 6. The number of hydrogen-bond acceptors (Lipinski definition) is 4. The lowest BCUT2D eigenvalue weighted by atomic mass is 10.2. The molecule has 0 unspecified atom stereocenters. The molecule has 1 fully saturated rings. The lowest BCUT2D eigenvalue weighted by Gasteiger charge is -2.37. The third-order valence-corrected chi connectivity index (χ3v) is 8.05. The number of nitrogens with zero attached hydrogens (tertiary/aromatic N) is 3. The summed E-state index contributed by atoms with van der Waals surface area (Å²) >= 11 is 12.3. The van der Waals surface area contributed by atoms with Crippen molar-refractivity contribution in [2.45, 2.75) is 11.8 Å². The highest BCUT2D eigenvalue weighted by Gasteiger charge is 2.30. The van der Waals surface area contributed by atoms with E-state index in [-0.39, 0.29) is 17.3 Å². The maximum atomic E-state index is 13.5. The first-order chi connectivity index (χ1) is 16.2. The summed E-state index contributed by atoms with van der Waals surface area (Å²) in [6, 6.07) is 20.7. The number of amides is 1. The maximum Gasteiger partial charge on any atom is 0.264 e. The van der Waals surface area contributed by atoms with E-state index in [1.807, 2.05) is 31.2 Å². The molecule has 1 aliphatic rings. The van der Waals surface area contributed by atoms with Gasteiger partial charge in [0.05, 0.1) is 10.6 Å². The van der Waals surface area contributed by atoms with Gasteiger partial charge in [-0.1, -0.05) is 53.0 Å². The number of halogens is 2. The van der Waals surface area contributed by atoms with Crippen LogP contribution in [0.15, 0.2) is 77.7 Å². The fraction of sp³-hybridized carbons (Fsp3) is 0.240. The van der Waals surface area contributed by atoms with E-state index in [0.29, 0.717) is 41.9 Å². The molecule has 0 aromatic heterocycles. The highest BCUT2D eigenvalue weighted by molar-refractivity contribution is 7.92. The molecule has 4 rings (SSSR count). The predicted molar refractivity (Wildman–Crippen MR) is 137 cm³/mol. The average molecular weight is 518 g/mol. The molecule has 0 radical (unpaired) electrons. The van der Waals surface area contributed by atoms with Crippen LogP contribution in [-0.4, -0.2) is 51.9 Å². The first-order valence-electron chi connectivity index (χ1n) is 10.9. The normalized spacial score (nSPS) is 14.2. The van der Waals surface area contributed by atoms with Gasteiger partial charge in [-0.05, 0) is 55.5 Å². The SMILES string of the molecule is Cc1ccc(S(=O)(=O)N(CC(=O)N2CCN(c3cccc(Cl)c3)CC2)c2cccc(Cl)c2)cc1. The second kappa shape index (κ2) is 10.3. The number of aryl methyl sites for hydroxylation is 1. The molecule has 34 heavy (non-hydrogen) atoms. The Morgan fingerprint density at radius 2 is 1.50 bits per heavy atom. The molecule has 0 atom stereocenters. The predicted octanol–water partition coefficient (Wildman–Crippen LogP) is 4.85. The van der Waals surface area contributed by atoms with Crippen molar-refractivity contribution >= 4 is 50.5 Å². The summed E-state index contributed by atoms with van der Waals surface area (Å²) in [5, 5.41) is 1.05. The molecule has 3 aromatic carbocycles. The Bertz CT molecular complexity index is 1270. The first-order valence-corrected chi connectivity index (χ1v) is 13.1. The Balaban J connectivity index is 1.54. The fourth-order valence-corrected chi connectivity index (χ4v) is 5.67. The van der Waals surface area contributed by atoms with Gasteiger partial charge >= 0.3 is 0 Å². The molecule has 178 valence electrons. The molecule has 3 aromatic rings. The summed E-state index contributed by atoms with van der Waals surface area (Å²) in [7, 11) is -3.98. The van der Waals surface area contributed by atoms with Crippen LogP contribution in [0.1, 0.15) is 5.56 Å². The van der Waals surface area contributed by atoms with Crippen LogP contribution in [0.25, 0.3) is 0 Å². The van der Waals surface area contributed by atoms with E-state index in [2.05, 4.69) is 4.90 Å². The minimum Gasteiger partial charge on any atom is -0.368 e. The van der Waals surface area contributed by atoms with Crippen LogP contribution in [0.4, 0.5) is 11.4 Å². The molecule has 1 amide bonds. The highest BCUT2D eigenvalue weighted by Crippen LogP contribution is 2.27. The number of anilines is 2. The molecular weight excluding hydrogens is 493 g/mol. The van der Waals surface area contributed by atoms with Gasteiger partial charge in [-0.3, -0.25) is 9.10 Å². The lowest BCUT2D eigenvalue weighted by molar-refractivity contribution is -0.129. The van der Waals surface area contributed by atoms with Crippen LogP contribution < -0.4 is 9.21 Å². The zero-order valence-corrected chi connectivity index (χ0v) is 21.0. The maximum absolute atomic E-state index is 13.5. The van der Waals surface area contributed by atoms with Crippen LogP contribution in [0.3, 0.4) is 0 Å². The molecule has 6 nitrogen and oxygen atoms in total. The fourth-order valence-electron chi connectivity index (χ4n) is 3.89. The average Bonchev–Trinajstić information content (AvgIpc) is 2.82. The van der Waals surface area contributed by atoms with Gasteiger partial charge in [-0.25, -0.2) is 8.42 Å². The number of carbonyl (C=O) groups is 1. The van der Waals surface area contributed by atoms with E-state index in [1.165, 1.54) is 0 Å². The van der Waals surface area contributed by atoms with Crippen molar-refractivity contribution in [3.05, 3.63) is 88.4 Å². The standard InChI is InChI=1S/C25H25Cl2N3O3S/c1-19-8-10-24(11-9-19)34(32,33)30(23-7-3-5-21(27)17-23)18-25(31)29-14-12-28(13-15-29)22-6-2-4-20(26)16-22/h2-11,16-17H,12-15,18H2,1H3. The summed E-state index contributed by atoms with van der Waals surface area (Å²) in [4.78, 5) is 17.2. The lowest BCUT2D eigenvalue weighted by Crippen LogP contribution is -2.52. The zero-order chi connectivity index (χ0) is 24.3. The van der Waals surface area contributed by atoms with E-state index >= 15 is 0 Å². The van der Waals surface area contributed by atoms with Crippen LogP contribution in [-0.2, 0) is 14.8 Å². The van der Waals surface area contributed by atoms with E-state index in [1.54, 1.807) is 53.4 Å². The smallest absolute Gasteiger partial charge is 0.264 e. The Hall–Kier alpha value is -2.74. The minimum absolute atomic E-state index is 0.122. The van der Waals surface area contributed by atoms with E-state index in [0.717, 1.165) is 15.6 Å². The van der Waals surface area contributed by atoms with Gasteiger partial charge in [0, 0.05) is 41.9 Å². The zero-order valence-electron chi connectivity index (χ0n) is 18.7. The summed E-state index contributed by atoms with van der Waals surface area (Å²) < 4.78 is 28.2. The van der Waals surface area contributed by atoms with Crippen LogP contribution in [0, 0.1) is 6.92 Å². The molecule has 0 aliphatic carbocycles. The van der Waals surface area contributed by atoms with Crippen molar-refractivity contribution in [1.82, 2.24) is 4.90 Å². The number of carbonyl (C=O) groups excluding carboxylic acids is 1. The Morgan fingerprint density at radius 3 is 2.12 bits per heavy atom. The molecule has 0 bridgehead atoms. The van der Waals surface area contributed by atoms with Crippen molar-refractivity contribution in [2.75, 3.05) is 41.9 Å². The molecule has 0 N–H and O–H groups in total. The van der Waals surface area contributed by atoms with Crippen molar-refractivity contribution in [3.8, 4) is 0 Å². The second-order valence-electron chi connectivity index (χ2n) is 8.15. The number of piperazine rings is 1. The summed E-state index contributed by atoms with van der Waals surface area (Å²) in [6.45, 7) is 3.81. The highest BCUT2D eigenvalue weighted by atomic mass is 35.5. The van der Waals surface area contributed by atoms with E-state index in [9.17, 15) is 13.2 Å². The van der Waals surface area contributed by atoms with Crippen LogP contribution >= 0.6 is 23.2 Å². The van der Waals surface area contributed by atoms with E-state index in [4.69, 9.17) is 23.2 Å². The Labute approximate surface area is 210 Å². The van der Waals surface area contributed by atoms with Crippen LogP contribution in [0.5, 0.6) is 0 Å². The second-order valence-corrected chi connectivity index (χ2v) is 10.9. The van der Waals surface area contributed by atoms with Gasteiger partial charge in [0.15, 0.2) is 0 Å². The van der Waals surface area contributed by atoms with Gasteiger partial charge in [-0.2, -0.15) is 0 Å². The summed E-state index contributed by atoms with van der Waals surface area (Å²) in [6.07, 6.45) is 0. The van der Waals surface area contributed by atoms with Gasteiger partial charge in [0.2, 0.25) is 5.91 Å². The molecule has 0 spiro atoms. The molecule has 1 aliphatic heterocycles. The number of sulfonamides is 1. The third-order valence-electron chi connectivity index (χ3n) is 5.79. The summed E-state index contributed by atoms with van der Waals surface area (Å²) in [5.74, 6) is -0.263. The number of benzene rings is 3. The Morgan fingerprint density at radius 1 is 0.882 bits per heavy atom. The summed E-state index contributed by atoms with van der Waals surface area (Å²) in [5.41, 5.74) is 2.29. The van der Waals surface area contributed by atoms with Gasteiger partial charge in [0.1, 0.15) is 6.54 Å². The first kappa shape index (κ1) is 24.4. The molecular formula is C25H25Cl2N3O3S. The molecule has 1 saturated heterocycles. The van der Waals surface area contributed by atoms with Crippen molar-refractivity contribution in [1.29, 1.82) is 0 Å². The monoisotopic (exact) mass is 517 g/mol. The number of hydrogen-bond donors (Lipinski definition) is 0. The molecule has 0 saturated carbocycles. The van der Waals surface area contributed by atoms with Crippen molar-refractivity contribution in [3.63, 3.8) is 0 Å². The topological polar surface area (TPSA) is 60.9 Å². The third kappa shape index (κ3) is 5.49. The quantitative estimate of drug-likeness (QED) is 0.469. The van der Waals surface area contributed by atoms with Gasteiger partial charge in [-0.15, -0.1) is 0 Å². The Kier molecular flexibility index (Phi) is 7.36. The molecule has 9 heteroatoms. The van der Waals surface area contributed by atoms with Crippen molar-refractivity contribution in [2.24, 2.45) is 0 Å². The van der Waals surface area contributed by atoms with Crippen LogP contribution in [0.2, 0.25) is 10.0 Å².